The molecule has 0 aliphatic carbocycles. The molecule has 0 N–H and O–H groups in total. The standard InChI is InChI=1S/C48H32N2O/c1-2-12-33(13-3-1)34-24-27-37(28-25-34)49(38-15-10-14-35(30-38)36-26-29-44-43-20-6-9-23-47(43)51-48(44)31-36)39-16-11-17-40(32-39)50-45-21-7-4-18-41(45)42-19-5-8-22-46(42)50/h1-32H. The SMILES string of the molecule is c1ccc(-c2ccc(N(c3cccc(-c4ccc5c(c4)oc4ccccc45)c3)c3cccc(-n4c5ccccc5c5ccccc54)c3)cc2)cc1. The lowest BCUT2D eigenvalue weighted by Crippen LogP contribution is -2.10. The van der Waals surface area contributed by atoms with E-state index in [1.807, 2.05) is 12.1 Å². The molecule has 0 spiro atoms. The summed E-state index contributed by atoms with van der Waals surface area (Å²) in [5.74, 6) is 0. The van der Waals surface area contributed by atoms with Crippen molar-refractivity contribution in [2.45, 2.75) is 0 Å². The number of aromatic nitrogens is 1. The van der Waals surface area contributed by atoms with Crippen LogP contribution in [0.1, 0.15) is 0 Å². The Morgan fingerprint density at radius 2 is 0.882 bits per heavy atom. The zero-order chi connectivity index (χ0) is 33.7. The molecule has 0 saturated carbocycles. The summed E-state index contributed by atoms with van der Waals surface area (Å²) in [6, 6.07) is 69.2. The minimum Gasteiger partial charge on any atom is -0.456 e. The van der Waals surface area contributed by atoms with Gasteiger partial charge in [0.2, 0.25) is 0 Å². The van der Waals surface area contributed by atoms with E-state index in [1.54, 1.807) is 0 Å². The highest BCUT2D eigenvalue weighted by Crippen LogP contribution is 2.40. The highest BCUT2D eigenvalue weighted by molar-refractivity contribution is 6.09. The molecule has 0 bridgehead atoms. The van der Waals surface area contributed by atoms with Crippen LogP contribution in [0.4, 0.5) is 17.1 Å². The molecule has 0 atom stereocenters. The number of furan rings is 1. The third kappa shape index (κ3) is 4.98. The number of rotatable bonds is 6. The molecule has 0 radical (unpaired) electrons. The number of fused-ring (bicyclic) bond motifs is 6. The molecular formula is C48H32N2O. The van der Waals surface area contributed by atoms with Crippen LogP contribution in [0.25, 0.3) is 71.7 Å². The van der Waals surface area contributed by atoms with Crippen LogP contribution in [-0.2, 0) is 0 Å². The third-order valence-corrected chi connectivity index (χ3v) is 9.98. The Kier molecular flexibility index (Phi) is 6.81. The number of benzene rings is 8. The summed E-state index contributed by atoms with van der Waals surface area (Å²) >= 11 is 0. The van der Waals surface area contributed by atoms with Crippen LogP contribution in [-0.4, -0.2) is 4.57 Å². The molecule has 2 aromatic heterocycles. The van der Waals surface area contributed by atoms with Gasteiger partial charge in [-0.1, -0.05) is 121 Å². The first-order chi connectivity index (χ1) is 25.3. The van der Waals surface area contributed by atoms with Crippen molar-refractivity contribution in [3.8, 4) is 27.9 Å². The monoisotopic (exact) mass is 652 g/mol. The Morgan fingerprint density at radius 3 is 1.65 bits per heavy atom. The van der Waals surface area contributed by atoms with Gasteiger partial charge < -0.3 is 13.9 Å². The van der Waals surface area contributed by atoms with Gasteiger partial charge >= 0.3 is 0 Å². The van der Waals surface area contributed by atoms with Gasteiger partial charge in [-0.3, -0.25) is 0 Å². The molecule has 2 heterocycles. The zero-order valence-electron chi connectivity index (χ0n) is 27.8. The van der Waals surface area contributed by atoms with Gasteiger partial charge in [0, 0.05) is 44.3 Å². The minimum atomic E-state index is 0.895. The number of anilines is 3. The van der Waals surface area contributed by atoms with Crippen molar-refractivity contribution in [2.24, 2.45) is 0 Å². The van der Waals surface area contributed by atoms with E-state index in [9.17, 15) is 0 Å². The molecule has 0 aliphatic rings. The van der Waals surface area contributed by atoms with Crippen molar-refractivity contribution in [1.29, 1.82) is 0 Å². The Hall–Kier alpha value is -6.84. The summed E-state index contributed by atoms with van der Waals surface area (Å²) in [5.41, 5.74) is 13.2. The highest BCUT2D eigenvalue weighted by atomic mass is 16.3. The maximum absolute atomic E-state index is 6.28. The third-order valence-electron chi connectivity index (χ3n) is 9.98. The smallest absolute Gasteiger partial charge is 0.136 e. The molecule has 3 heteroatoms. The lowest BCUT2D eigenvalue weighted by Gasteiger charge is -2.27. The quantitative estimate of drug-likeness (QED) is 0.178. The molecule has 51 heavy (non-hydrogen) atoms. The molecule has 10 aromatic rings. The Bertz CT molecular complexity index is 2810. The minimum absolute atomic E-state index is 0.895. The van der Waals surface area contributed by atoms with Crippen molar-refractivity contribution < 1.29 is 4.42 Å². The van der Waals surface area contributed by atoms with E-state index in [4.69, 9.17) is 4.42 Å². The van der Waals surface area contributed by atoms with Crippen LogP contribution in [0.5, 0.6) is 0 Å². The van der Waals surface area contributed by atoms with Crippen LogP contribution in [0, 0.1) is 0 Å². The Labute approximate surface area is 295 Å². The molecule has 0 saturated heterocycles. The first-order valence-corrected chi connectivity index (χ1v) is 17.3. The van der Waals surface area contributed by atoms with Crippen molar-refractivity contribution in [3.63, 3.8) is 0 Å². The van der Waals surface area contributed by atoms with E-state index in [1.165, 1.54) is 32.9 Å². The average molecular weight is 653 g/mol. The molecule has 0 fully saturated rings. The molecular weight excluding hydrogens is 621 g/mol. The lowest BCUT2D eigenvalue weighted by atomic mass is 10.0. The van der Waals surface area contributed by atoms with Crippen LogP contribution >= 0.6 is 0 Å². The summed E-state index contributed by atoms with van der Waals surface area (Å²) in [6.07, 6.45) is 0. The summed E-state index contributed by atoms with van der Waals surface area (Å²) < 4.78 is 8.65. The van der Waals surface area contributed by atoms with Crippen LogP contribution in [0.2, 0.25) is 0 Å². The van der Waals surface area contributed by atoms with E-state index in [0.717, 1.165) is 55.8 Å². The molecule has 0 unspecified atom stereocenters. The predicted octanol–water partition coefficient (Wildman–Crippen LogP) is 13.5. The normalized spacial score (nSPS) is 11.5. The van der Waals surface area contributed by atoms with Crippen LogP contribution < -0.4 is 4.90 Å². The van der Waals surface area contributed by atoms with E-state index >= 15 is 0 Å². The van der Waals surface area contributed by atoms with Gasteiger partial charge in [0.1, 0.15) is 11.2 Å². The Morgan fingerprint density at radius 1 is 0.333 bits per heavy atom. The Balaban J connectivity index is 1.13. The summed E-state index contributed by atoms with van der Waals surface area (Å²) in [7, 11) is 0. The second-order valence-electron chi connectivity index (χ2n) is 13.0. The van der Waals surface area contributed by atoms with Crippen molar-refractivity contribution in [2.75, 3.05) is 4.90 Å². The number of para-hydroxylation sites is 3. The molecule has 0 amide bonds. The summed E-state index contributed by atoms with van der Waals surface area (Å²) in [4.78, 5) is 2.36. The van der Waals surface area contributed by atoms with Gasteiger partial charge in [0.15, 0.2) is 0 Å². The summed E-state index contributed by atoms with van der Waals surface area (Å²) in [6.45, 7) is 0. The lowest BCUT2D eigenvalue weighted by molar-refractivity contribution is 0.669. The predicted molar refractivity (Wildman–Crippen MR) is 214 cm³/mol. The van der Waals surface area contributed by atoms with Gasteiger partial charge in [0.25, 0.3) is 0 Å². The van der Waals surface area contributed by atoms with Crippen molar-refractivity contribution in [3.05, 3.63) is 194 Å². The average Bonchev–Trinajstić information content (AvgIpc) is 3.74. The molecule has 240 valence electrons. The van der Waals surface area contributed by atoms with Gasteiger partial charge in [-0.15, -0.1) is 0 Å². The van der Waals surface area contributed by atoms with E-state index in [0.29, 0.717) is 0 Å². The van der Waals surface area contributed by atoms with Gasteiger partial charge in [-0.2, -0.15) is 0 Å². The second-order valence-corrected chi connectivity index (χ2v) is 13.0. The van der Waals surface area contributed by atoms with Gasteiger partial charge in [-0.25, -0.2) is 0 Å². The zero-order valence-corrected chi connectivity index (χ0v) is 27.8. The van der Waals surface area contributed by atoms with Crippen LogP contribution in [0.3, 0.4) is 0 Å². The van der Waals surface area contributed by atoms with Crippen molar-refractivity contribution in [1.82, 2.24) is 4.57 Å². The molecule has 8 aromatic carbocycles. The highest BCUT2D eigenvalue weighted by Gasteiger charge is 2.17. The van der Waals surface area contributed by atoms with E-state index in [-0.39, 0.29) is 0 Å². The maximum Gasteiger partial charge on any atom is 0.136 e. The maximum atomic E-state index is 6.28. The molecule has 10 rings (SSSR count). The fourth-order valence-corrected chi connectivity index (χ4v) is 7.58. The second kappa shape index (κ2) is 11.9. The van der Waals surface area contributed by atoms with E-state index < -0.39 is 0 Å². The van der Waals surface area contributed by atoms with Gasteiger partial charge in [0.05, 0.1) is 11.0 Å². The first-order valence-electron chi connectivity index (χ1n) is 17.3. The fraction of sp³-hybridized carbons (Fsp3) is 0. The van der Waals surface area contributed by atoms with Crippen molar-refractivity contribution >= 4 is 60.8 Å². The van der Waals surface area contributed by atoms with Crippen LogP contribution in [0.15, 0.2) is 199 Å². The number of nitrogens with zero attached hydrogens (tertiary/aromatic N) is 2. The topological polar surface area (TPSA) is 21.3 Å². The number of hydrogen-bond acceptors (Lipinski definition) is 2. The fourth-order valence-electron chi connectivity index (χ4n) is 7.58. The van der Waals surface area contributed by atoms with Gasteiger partial charge in [-0.05, 0) is 95.1 Å². The summed E-state index contributed by atoms with van der Waals surface area (Å²) in [5, 5.41) is 4.77. The largest absolute Gasteiger partial charge is 0.456 e. The van der Waals surface area contributed by atoms with E-state index in [2.05, 4.69) is 191 Å². The number of hydrogen-bond donors (Lipinski definition) is 0. The first kappa shape index (κ1) is 29.1. The molecule has 3 nitrogen and oxygen atoms in total. The molecule has 0 aliphatic heterocycles.